The molecule has 0 aromatic rings. The standard InChI is InChI=1S/C6H5Cl3/c7-5-3-1-2-4(5)6(8)9/h1,3,5H,2H2. The zero-order valence-electron chi connectivity index (χ0n) is 4.57. The first-order valence-electron chi connectivity index (χ1n) is 2.56. The van der Waals surface area contributed by atoms with Crippen LogP contribution in [-0.2, 0) is 0 Å². The van der Waals surface area contributed by atoms with Gasteiger partial charge in [0.05, 0.1) is 5.38 Å². The van der Waals surface area contributed by atoms with Crippen molar-refractivity contribution in [2.24, 2.45) is 0 Å². The van der Waals surface area contributed by atoms with Crippen molar-refractivity contribution in [3.8, 4) is 0 Å². The molecule has 0 amide bonds. The largest absolute Gasteiger partial charge is 0.114 e. The maximum absolute atomic E-state index is 5.76. The third-order valence-corrected chi connectivity index (χ3v) is 2.11. The first-order valence-corrected chi connectivity index (χ1v) is 3.76. The van der Waals surface area contributed by atoms with Crippen molar-refractivity contribution in [3.05, 3.63) is 22.2 Å². The fraction of sp³-hybridized carbons (Fsp3) is 0.333. The second-order valence-corrected chi connectivity index (χ2v) is 3.24. The van der Waals surface area contributed by atoms with E-state index in [-0.39, 0.29) is 5.38 Å². The molecule has 3 heteroatoms. The minimum Gasteiger partial charge on any atom is -0.114 e. The number of hydrogen-bond acceptors (Lipinski definition) is 0. The molecule has 0 fully saturated rings. The SMILES string of the molecule is ClC(Cl)=C1CC=CC1Cl. The van der Waals surface area contributed by atoms with E-state index in [1.165, 1.54) is 0 Å². The molecule has 0 heterocycles. The molecule has 0 N–H and O–H groups in total. The van der Waals surface area contributed by atoms with E-state index in [1.54, 1.807) is 0 Å². The summed E-state index contributed by atoms with van der Waals surface area (Å²) in [6, 6.07) is 0. The van der Waals surface area contributed by atoms with Crippen LogP contribution in [0.15, 0.2) is 22.2 Å². The molecule has 0 spiro atoms. The van der Waals surface area contributed by atoms with Crippen LogP contribution in [0.4, 0.5) is 0 Å². The molecule has 0 aromatic carbocycles. The van der Waals surface area contributed by atoms with E-state index in [4.69, 9.17) is 34.8 Å². The van der Waals surface area contributed by atoms with Gasteiger partial charge in [0.15, 0.2) is 0 Å². The molecule has 1 rings (SSSR count). The fourth-order valence-corrected chi connectivity index (χ4v) is 1.53. The van der Waals surface area contributed by atoms with Gasteiger partial charge >= 0.3 is 0 Å². The van der Waals surface area contributed by atoms with Gasteiger partial charge in [0.1, 0.15) is 4.49 Å². The summed E-state index contributed by atoms with van der Waals surface area (Å²) in [6.45, 7) is 0. The second-order valence-electron chi connectivity index (χ2n) is 1.82. The first-order chi connectivity index (χ1) is 4.22. The van der Waals surface area contributed by atoms with E-state index in [2.05, 4.69) is 0 Å². The Bertz CT molecular complexity index is 165. The Hall–Kier alpha value is 0.350. The monoisotopic (exact) mass is 182 g/mol. The van der Waals surface area contributed by atoms with E-state index in [0.29, 0.717) is 4.49 Å². The Kier molecular flexibility index (Phi) is 2.45. The van der Waals surface area contributed by atoms with Gasteiger partial charge in [-0.15, -0.1) is 11.6 Å². The first kappa shape index (κ1) is 7.46. The highest BCUT2D eigenvalue weighted by Crippen LogP contribution is 2.29. The predicted molar refractivity (Wildman–Crippen MR) is 42.1 cm³/mol. The molecule has 9 heavy (non-hydrogen) atoms. The number of hydrogen-bond donors (Lipinski definition) is 0. The van der Waals surface area contributed by atoms with Crippen molar-refractivity contribution in [2.45, 2.75) is 11.8 Å². The van der Waals surface area contributed by atoms with Crippen molar-refractivity contribution >= 4 is 34.8 Å². The minimum atomic E-state index is -0.0880. The molecule has 0 nitrogen and oxygen atoms in total. The van der Waals surface area contributed by atoms with Gasteiger partial charge in [-0.3, -0.25) is 0 Å². The summed E-state index contributed by atoms with van der Waals surface area (Å²) in [5.41, 5.74) is 0.903. The maximum atomic E-state index is 5.76. The minimum absolute atomic E-state index is 0.0880. The third-order valence-electron chi connectivity index (χ3n) is 1.22. The summed E-state index contributed by atoms with van der Waals surface area (Å²) < 4.78 is 0.306. The average Bonchev–Trinajstić information content (AvgIpc) is 2.13. The highest BCUT2D eigenvalue weighted by molar-refractivity contribution is 6.56. The smallest absolute Gasteiger partial charge is 0.108 e. The maximum Gasteiger partial charge on any atom is 0.108 e. The Morgan fingerprint density at radius 3 is 2.44 bits per heavy atom. The zero-order valence-corrected chi connectivity index (χ0v) is 6.84. The van der Waals surface area contributed by atoms with Crippen LogP contribution in [0.3, 0.4) is 0 Å². The Balaban J connectivity index is 2.77. The summed E-state index contributed by atoms with van der Waals surface area (Å²) in [5.74, 6) is 0. The second kappa shape index (κ2) is 2.96. The van der Waals surface area contributed by atoms with Crippen LogP contribution in [0.1, 0.15) is 6.42 Å². The Morgan fingerprint density at radius 2 is 2.22 bits per heavy atom. The molecule has 50 valence electrons. The van der Waals surface area contributed by atoms with Gasteiger partial charge in [-0.2, -0.15) is 0 Å². The summed E-state index contributed by atoms with van der Waals surface area (Å²) in [6.07, 6.45) is 4.62. The van der Waals surface area contributed by atoms with Crippen LogP contribution in [-0.4, -0.2) is 5.38 Å². The third kappa shape index (κ3) is 1.64. The number of rotatable bonds is 0. The van der Waals surface area contributed by atoms with Gasteiger partial charge in [0.25, 0.3) is 0 Å². The molecule has 1 aliphatic carbocycles. The van der Waals surface area contributed by atoms with Crippen molar-refractivity contribution < 1.29 is 0 Å². The highest BCUT2D eigenvalue weighted by atomic mass is 35.5. The average molecular weight is 183 g/mol. The van der Waals surface area contributed by atoms with Gasteiger partial charge in [-0.05, 0) is 12.0 Å². The van der Waals surface area contributed by atoms with Crippen LogP contribution >= 0.6 is 34.8 Å². The molecule has 0 aliphatic heterocycles. The molecule has 1 atom stereocenters. The van der Waals surface area contributed by atoms with Crippen molar-refractivity contribution in [1.82, 2.24) is 0 Å². The Morgan fingerprint density at radius 1 is 1.56 bits per heavy atom. The number of alkyl halides is 1. The van der Waals surface area contributed by atoms with Crippen LogP contribution in [0, 0.1) is 0 Å². The van der Waals surface area contributed by atoms with Gasteiger partial charge in [-0.1, -0.05) is 35.4 Å². The molecule has 0 bridgehead atoms. The molecule has 0 saturated carbocycles. The van der Waals surface area contributed by atoms with Crippen LogP contribution in [0.2, 0.25) is 0 Å². The van der Waals surface area contributed by atoms with E-state index < -0.39 is 0 Å². The number of halogens is 3. The van der Waals surface area contributed by atoms with Crippen molar-refractivity contribution in [1.29, 1.82) is 0 Å². The molecule has 0 saturated heterocycles. The summed E-state index contributed by atoms with van der Waals surface area (Å²) in [4.78, 5) is 0. The highest BCUT2D eigenvalue weighted by Gasteiger charge is 2.14. The lowest BCUT2D eigenvalue weighted by Gasteiger charge is -1.99. The Labute approximate surface area is 69.1 Å². The van der Waals surface area contributed by atoms with E-state index in [0.717, 1.165) is 12.0 Å². The summed E-state index contributed by atoms with van der Waals surface area (Å²) in [5, 5.41) is -0.0880. The molecular weight excluding hydrogens is 178 g/mol. The lowest BCUT2D eigenvalue weighted by Crippen LogP contribution is -1.91. The van der Waals surface area contributed by atoms with E-state index >= 15 is 0 Å². The van der Waals surface area contributed by atoms with Crippen LogP contribution in [0.25, 0.3) is 0 Å². The fourth-order valence-electron chi connectivity index (χ4n) is 0.725. The quantitative estimate of drug-likeness (QED) is 0.399. The van der Waals surface area contributed by atoms with Crippen molar-refractivity contribution in [3.63, 3.8) is 0 Å². The normalized spacial score (nSPS) is 25.2. The van der Waals surface area contributed by atoms with Gasteiger partial charge in [0, 0.05) is 0 Å². The number of allylic oxidation sites excluding steroid dienone is 3. The lowest BCUT2D eigenvalue weighted by molar-refractivity contribution is 1.20. The van der Waals surface area contributed by atoms with Crippen LogP contribution in [0.5, 0.6) is 0 Å². The molecular formula is C6H5Cl3. The van der Waals surface area contributed by atoms with Crippen molar-refractivity contribution in [2.75, 3.05) is 0 Å². The summed E-state index contributed by atoms with van der Waals surface area (Å²) in [7, 11) is 0. The van der Waals surface area contributed by atoms with Gasteiger partial charge < -0.3 is 0 Å². The predicted octanol–water partition coefficient (Wildman–Crippen LogP) is 3.24. The zero-order chi connectivity index (χ0) is 6.85. The molecule has 0 radical (unpaired) electrons. The molecule has 0 aromatic heterocycles. The summed E-state index contributed by atoms with van der Waals surface area (Å²) >= 11 is 16.8. The van der Waals surface area contributed by atoms with Crippen LogP contribution < -0.4 is 0 Å². The van der Waals surface area contributed by atoms with E-state index in [1.807, 2.05) is 12.2 Å². The van der Waals surface area contributed by atoms with Gasteiger partial charge in [-0.25, -0.2) is 0 Å². The molecule has 1 unspecified atom stereocenters. The lowest BCUT2D eigenvalue weighted by atomic mass is 10.2. The van der Waals surface area contributed by atoms with Gasteiger partial charge in [0.2, 0.25) is 0 Å². The molecule has 1 aliphatic rings. The topological polar surface area (TPSA) is 0 Å². The van der Waals surface area contributed by atoms with E-state index in [9.17, 15) is 0 Å².